The number of piperidine rings is 2. The fourth-order valence-corrected chi connectivity index (χ4v) is 4.63. The molecule has 1 saturated carbocycles. The molecule has 2 aliphatic heterocycles. The Hall–Kier alpha value is -1.88. The van der Waals surface area contributed by atoms with E-state index in [-0.39, 0.29) is 17.2 Å². The number of rotatable bonds is 4. The molecule has 1 spiro atoms. The van der Waals surface area contributed by atoms with Crippen molar-refractivity contribution in [3.05, 3.63) is 35.9 Å². The van der Waals surface area contributed by atoms with Gasteiger partial charge in [0.1, 0.15) is 0 Å². The molecule has 134 valence electrons. The van der Waals surface area contributed by atoms with Crippen molar-refractivity contribution in [1.82, 2.24) is 9.80 Å². The number of nitrogens with zero attached hydrogens (tertiary/aromatic N) is 2. The molecule has 0 aromatic heterocycles. The standard InChI is InChI=1S/C20H27N3O2/c21-18(24)13-22-10-8-20(9-11-22)12-17(15-4-2-1-3-5-15)19(25)23(14-20)16-6-7-16/h1-5,16-17H,6-14H2,(H2,21,24)/t17-/m0/s1. The number of amides is 2. The van der Waals surface area contributed by atoms with Gasteiger partial charge in [-0.1, -0.05) is 30.3 Å². The first kappa shape index (κ1) is 16.6. The molecule has 25 heavy (non-hydrogen) atoms. The Morgan fingerprint density at radius 1 is 1.16 bits per heavy atom. The van der Waals surface area contributed by atoms with Crippen LogP contribution >= 0.6 is 0 Å². The highest BCUT2D eigenvalue weighted by molar-refractivity contribution is 5.85. The van der Waals surface area contributed by atoms with Crippen LogP contribution in [0.4, 0.5) is 0 Å². The zero-order valence-corrected chi connectivity index (χ0v) is 14.7. The van der Waals surface area contributed by atoms with Crippen LogP contribution in [0.1, 0.15) is 43.6 Å². The summed E-state index contributed by atoms with van der Waals surface area (Å²) in [7, 11) is 0. The predicted molar refractivity (Wildman–Crippen MR) is 95.8 cm³/mol. The van der Waals surface area contributed by atoms with Crippen molar-refractivity contribution in [2.45, 2.75) is 44.1 Å². The molecular formula is C20H27N3O2. The molecule has 1 aromatic carbocycles. The number of nitrogens with two attached hydrogens (primary N) is 1. The Balaban J connectivity index is 1.54. The number of carbonyl (C=O) groups is 2. The van der Waals surface area contributed by atoms with Gasteiger partial charge in [-0.2, -0.15) is 0 Å². The van der Waals surface area contributed by atoms with Crippen LogP contribution in [0.15, 0.2) is 30.3 Å². The molecule has 2 saturated heterocycles. The third-order valence-corrected chi connectivity index (χ3v) is 6.21. The zero-order chi connectivity index (χ0) is 17.4. The van der Waals surface area contributed by atoms with Gasteiger partial charge in [0.2, 0.25) is 11.8 Å². The summed E-state index contributed by atoms with van der Waals surface area (Å²) in [6, 6.07) is 10.7. The molecule has 2 N–H and O–H groups in total. The number of carbonyl (C=O) groups excluding carboxylic acids is 2. The monoisotopic (exact) mass is 341 g/mol. The maximum absolute atomic E-state index is 13.1. The van der Waals surface area contributed by atoms with Gasteiger partial charge in [0.05, 0.1) is 12.5 Å². The van der Waals surface area contributed by atoms with Crippen LogP contribution in [0.5, 0.6) is 0 Å². The maximum atomic E-state index is 13.1. The summed E-state index contributed by atoms with van der Waals surface area (Å²) in [4.78, 5) is 28.6. The van der Waals surface area contributed by atoms with Gasteiger partial charge in [0.25, 0.3) is 0 Å². The van der Waals surface area contributed by atoms with Crippen LogP contribution < -0.4 is 5.73 Å². The fourth-order valence-electron chi connectivity index (χ4n) is 4.63. The molecule has 3 aliphatic rings. The summed E-state index contributed by atoms with van der Waals surface area (Å²) in [6.45, 7) is 3.04. The molecule has 2 heterocycles. The quantitative estimate of drug-likeness (QED) is 0.907. The van der Waals surface area contributed by atoms with Crippen LogP contribution in [0, 0.1) is 5.41 Å². The van der Waals surface area contributed by atoms with Crippen molar-refractivity contribution in [2.75, 3.05) is 26.2 Å². The van der Waals surface area contributed by atoms with Crippen LogP contribution in [-0.2, 0) is 9.59 Å². The van der Waals surface area contributed by atoms with Gasteiger partial charge in [-0.05, 0) is 56.2 Å². The van der Waals surface area contributed by atoms with Crippen LogP contribution in [0.25, 0.3) is 0 Å². The average molecular weight is 341 g/mol. The second-order valence-electron chi connectivity index (χ2n) is 8.11. The maximum Gasteiger partial charge on any atom is 0.231 e. The second-order valence-corrected chi connectivity index (χ2v) is 8.11. The van der Waals surface area contributed by atoms with Crippen molar-refractivity contribution >= 4 is 11.8 Å². The minimum atomic E-state index is -0.253. The van der Waals surface area contributed by atoms with E-state index < -0.39 is 0 Å². The fraction of sp³-hybridized carbons (Fsp3) is 0.600. The summed E-state index contributed by atoms with van der Waals surface area (Å²) in [5, 5.41) is 0. The summed E-state index contributed by atoms with van der Waals surface area (Å²) in [5.41, 5.74) is 6.68. The molecule has 3 fully saturated rings. The van der Waals surface area contributed by atoms with E-state index in [0.717, 1.165) is 57.3 Å². The van der Waals surface area contributed by atoms with Gasteiger partial charge in [-0.15, -0.1) is 0 Å². The van der Waals surface area contributed by atoms with E-state index in [1.807, 2.05) is 18.2 Å². The van der Waals surface area contributed by atoms with E-state index in [0.29, 0.717) is 18.5 Å². The molecule has 0 radical (unpaired) electrons. The molecule has 0 unspecified atom stereocenters. The van der Waals surface area contributed by atoms with E-state index in [9.17, 15) is 9.59 Å². The lowest BCUT2D eigenvalue weighted by molar-refractivity contribution is -0.142. The van der Waals surface area contributed by atoms with Gasteiger partial charge >= 0.3 is 0 Å². The van der Waals surface area contributed by atoms with Crippen molar-refractivity contribution in [3.8, 4) is 0 Å². The molecule has 1 aromatic rings. The molecular weight excluding hydrogens is 314 g/mol. The van der Waals surface area contributed by atoms with Gasteiger partial charge in [-0.3, -0.25) is 14.5 Å². The highest BCUT2D eigenvalue weighted by Gasteiger charge is 2.49. The second kappa shape index (κ2) is 6.45. The van der Waals surface area contributed by atoms with Crippen molar-refractivity contribution in [2.24, 2.45) is 11.1 Å². The van der Waals surface area contributed by atoms with Crippen LogP contribution in [0.2, 0.25) is 0 Å². The van der Waals surface area contributed by atoms with Crippen molar-refractivity contribution in [1.29, 1.82) is 0 Å². The highest BCUT2D eigenvalue weighted by Crippen LogP contribution is 2.48. The molecule has 2 amide bonds. The Bertz CT molecular complexity index is 648. The lowest BCUT2D eigenvalue weighted by atomic mass is 9.67. The number of likely N-dealkylation sites (tertiary alicyclic amines) is 2. The van der Waals surface area contributed by atoms with Crippen molar-refractivity contribution in [3.63, 3.8) is 0 Å². The summed E-state index contributed by atoms with van der Waals surface area (Å²) >= 11 is 0. The first-order valence-electron chi connectivity index (χ1n) is 9.42. The van der Waals surface area contributed by atoms with E-state index in [1.165, 1.54) is 0 Å². The third-order valence-electron chi connectivity index (χ3n) is 6.21. The highest BCUT2D eigenvalue weighted by atomic mass is 16.2. The average Bonchev–Trinajstić information content (AvgIpc) is 3.44. The first-order chi connectivity index (χ1) is 12.1. The lowest BCUT2D eigenvalue weighted by Crippen LogP contribution is -2.55. The van der Waals surface area contributed by atoms with Crippen molar-refractivity contribution < 1.29 is 9.59 Å². The van der Waals surface area contributed by atoms with E-state index >= 15 is 0 Å². The van der Waals surface area contributed by atoms with Gasteiger partial charge < -0.3 is 10.6 Å². The van der Waals surface area contributed by atoms with Crippen LogP contribution in [-0.4, -0.2) is 53.8 Å². The summed E-state index contributed by atoms with van der Waals surface area (Å²) in [5.74, 6) is 0.0497. The SMILES string of the molecule is NC(=O)CN1CCC2(CC1)C[C@@H](c1ccccc1)C(=O)N(C1CC1)C2. The topological polar surface area (TPSA) is 66.6 Å². The smallest absolute Gasteiger partial charge is 0.231 e. The first-order valence-corrected chi connectivity index (χ1v) is 9.42. The largest absolute Gasteiger partial charge is 0.369 e. The van der Waals surface area contributed by atoms with E-state index in [4.69, 9.17) is 5.73 Å². The Morgan fingerprint density at radius 2 is 1.84 bits per heavy atom. The minimum absolute atomic E-state index is 0.0155. The van der Waals surface area contributed by atoms with Crippen LogP contribution in [0.3, 0.4) is 0 Å². The van der Waals surface area contributed by atoms with E-state index in [1.54, 1.807) is 0 Å². The van der Waals surface area contributed by atoms with E-state index in [2.05, 4.69) is 21.9 Å². The molecule has 1 aliphatic carbocycles. The number of benzene rings is 1. The number of hydrogen-bond acceptors (Lipinski definition) is 3. The number of hydrogen-bond donors (Lipinski definition) is 1. The molecule has 5 heteroatoms. The third kappa shape index (κ3) is 3.43. The molecule has 4 rings (SSSR count). The summed E-state index contributed by atoms with van der Waals surface area (Å²) < 4.78 is 0. The molecule has 1 atom stereocenters. The normalized spacial score (nSPS) is 26.8. The zero-order valence-electron chi connectivity index (χ0n) is 14.7. The summed E-state index contributed by atoms with van der Waals surface area (Å²) in [6.07, 6.45) is 5.32. The Labute approximate surface area is 149 Å². The molecule has 5 nitrogen and oxygen atoms in total. The molecule has 0 bridgehead atoms. The van der Waals surface area contributed by atoms with Gasteiger partial charge in [-0.25, -0.2) is 0 Å². The lowest BCUT2D eigenvalue weighted by Gasteiger charge is -2.50. The van der Waals surface area contributed by atoms with Gasteiger partial charge in [0.15, 0.2) is 0 Å². The predicted octanol–water partition coefficient (Wildman–Crippen LogP) is 1.73. The van der Waals surface area contributed by atoms with Gasteiger partial charge in [0, 0.05) is 12.6 Å². The Kier molecular flexibility index (Phi) is 4.28. The minimum Gasteiger partial charge on any atom is -0.369 e. The Morgan fingerprint density at radius 3 is 2.44 bits per heavy atom. The number of primary amides is 1.